The van der Waals surface area contributed by atoms with Gasteiger partial charge >= 0.3 is 0 Å². The number of hydrogen-bond acceptors (Lipinski definition) is 4. The van der Waals surface area contributed by atoms with Gasteiger partial charge in [-0.1, -0.05) is 6.07 Å². The summed E-state index contributed by atoms with van der Waals surface area (Å²) >= 11 is 7.29. The Kier molecular flexibility index (Phi) is 3.53. The van der Waals surface area contributed by atoms with E-state index in [1.807, 2.05) is 32.3 Å². The van der Waals surface area contributed by atoms with Crippen LogP contribution in [0.15, 0.2) is 29.6 Å². The number of halogens is 1. The molecule has 0 radical (unpaired) electrons. The molecular weight excluding hydrogens is 306 g/mol. The fourth-order valence-corrected chi connectivity index (χ4v) is 3.09. The maximum atomic E-state index is 9.16. The summed E-state index contributed by atoms with van der Waals surface area (Å²) in [5, 5.41) is 11.3. The second kappa shape index (κ2) is 5.35. The van der Waals surface area contributed by atoms with E-state index in [2.05, 4.69) is 20.8 Å². The first-order valence-corrected chi connectivity index (χ1v) is 7.42. The van der Waals surface area contributed by atoms with Crippen LogP contribution in [0.3, 0.4) is 0 Å². The van der Waals surface area contributed by atoms with Crippen molar-refractivity contribution in [1.82, 2.24) is 14.5 Å². The normalized spacial score (nSPS) is 10.8. The summed E-state index contributed by atoms with van der Waals surface area (Å²) in [6.45, 7) is 1.99. The van der Waals surface area contributed by atoms with Gasteiger partial charge in [0.15, 0.2) is 0 Å². The largest absolute Gasteiger partial charge is 0.358 e. The van der Waals surface area contributed by atoms with Crippen molar-refractivity contribution >= 4 is 40.1 Å². The summed E-state index contributed by atoms with van der Waals surface area (Å²) in [6, 6.07) is 6.17. The molecule has 0 fully saturated rings. The lowest BCUT2D eigenvalue weighted by Crippen LogP contribution is -1.90. The molecule has 0 spiro atoms. The van der Waals surface area contributed by atoms with Crippen LogP contribution in [0.5, 0.6) is 0 Å². The van der Waals surface area contributed by atoms with Crippen molar-refractivity contribution in [2.75, 3.05) is 4.72 Å². The molecule has 0 unspecified atom stereocenters. The molecule has 3 rings (SSSR count). The van der Waals surface area contributed by atoms with E-state index in [0.717, 1.165) is 27.2 Å². The van der Waals surface area contributed by atoms with Crippen LogP contribution in [0.25, 0.3) is 10.9 Å². The third kappa shape index (κ3) is 2.46. The van der Waals surface area contributed by atoms with Gasteiger partial charge in [-0.2, -0.15) is 5.26 Å². The summed E-state index contributed by atoms with van der Waals surface area (Å²) in [4.78, 5) is 7.36. The molecule has 2 aromatic heterocycles. The SMILES string of the molecule is Cc1ccc(NSc2cn(C)c(Cl)n2)c2[nH]cc(C#N)c12. The number of nitrogens with one attached hydrogen (secondary N) is 2. The summed E-state index contributed by atoms with van der Waals surface area (Å²) in [5.41, 5.74) is 3.54. The van der Waals surface area contributed by atoms with Gasteiger partial charge in [-0.15, -0.1) is 0 Å². The van der Waals surface area contributed by atoms with Gasteiger partial charge in [0.1, 0.15) is 11.1 Å². The van der Waals surface area contributed by atoms with Crippen molar-refractivity contribution in [3.8, 4) is 6.07 Å². The first kappa shape index (κ1) is 13.9. The van der Waals surface area contributed by atoms with Crippen molar-refractivity contribution in [3.05, 3.63) is 40.9 Å². The highest BCUT2D eigenvalue weighted by molar-refractivity contribution is 8.00. The fraction of sp³-hybridized carbons (Fsp3) is 0.143. The second-order valence-corrected chi connectivity index (χ2v) is 5.82. The van der Waals surface area contributed by atoms with E-state index in [4.69, 9.17) is 16.9 Å². The van der Waals surface area contributed by atoms with Gasteiger partial charge in [-0.05, 0) is 30.2 Å². The minimum Gasteiger partial charge on any atom is -0.358 e. The molecule has 2 heterocycles. The number of aromatic nitrogens is 3. The first-order valence-electron chi connectivity index (χ1n) is 6.22. The predicted molar refractivity (Wildman–Crippen MR) is 85.4 cm³/mol. The molecule has 21 heavy (non-hydrogen) atoms. The predicted octanol–water partition coefficient (Wildman–Crippen LogP) is 3.85. The summed E-state index contributed by atoms with van der Waals surface area (Å²) in [5.74, 6) is 0. The molecule has 0 aliphatic heterocycles. The number of hydrogen-bond donors (Lipinski definition) is 2. The molecule has 0 aliphatic carbocycles. The van der Waals surface area contributed by atoms with Gasteiger partial charge < -0.3 is 14.3 Å². The average Bonchev–Trinajstić information content (AvgIpc) is 3.03. The van der Waals surface area contributed by atoms with Gasteiger partial charge in [-0.25, -0.2) is 4.98 Å². The number of H-pyrrole nitrogens is 1. The van der Waals surface area contributed by atoms with Crippen LogP contribution in [0.1, 0.15) is 11.1 Å². The van der Waals surface area contributed by atoms with Crippen molar-refractivity contribution in [2.24, 2.45) is 7.05 Å². The molecule has 0 atom stereocenters. The second-order valence-electron chi connectivity index (χ2n) is 4.66. The Hall–Kier alpha value is -2.10. The summed E-state index contributed by atoms with van der Waals surface area (Å²) < 4.78 is 5.00. The van der Waals surface area contributed by atoms with Crippen LogP contribution < -0.4 is 4.72 Å². The average molecular weight is 318 g/mol. The third-order valence-corrected chi connectivity index (χ3v) is 4.31. The molecular formula is C14H12ClN5S. The van der Waals surface area contributed by atoms with Crippen molar-refractivity contribution < 1.29 is 0 Å². The highest BCUT2D eigenvalue weighted by Crippen LogP contribution is 2.31. The van der Waals surface area contributed by atoms with Gasteiger partial charge in [0, 0.05) is 36.8 Å². The number of rotatable bonds is 3. The maximum Gasteiger partial charge on any atom is 0.203 e. The highest BCUT2D eigenvalue weighted by Gasteiger charge is 2.11. The Labute approximate surface area is 131 Å². The number of fused-ring (bicyclic) bond motifs is 1. The van der Waals surface area contributed by atoms with E-state index in [1.165, 1.54) is 11.9 Å². The monoisotopic (exact) mass is 317 g/mol. The number of benzene rings is 1. The minimum absolute atomic E-state index is 0.444. The Balaban J connectivity index is 1.93. The molecule has 5 nitrogen and oxygen atoms in total. The number of nitriles is 1. The zero-order valence-electron chi connectivity index (χ0n) is 11.4. The highest BCUT2D eigenvalue weighted by atomic mass is 35.5. The molecule has 0 saturated carbocycles. The summed E-state index contributed by atoms with van der Waals surface area (Å²) in [6.07, 6.45) is 3.58. The van der Waals surface area contributed by atoms with E-state index in [0.29, 0.717) is 10.8 Å². The fourth-order valence-electron chi connectivity index (χ4n) is 2.17. The minimum atomic E-state index is 0.444. The molecule has 106 valence electrons. The molecule has 7 heteroatoms. The van der Waals surface area contributed by atoms with Gasteiger partial charge in [0.25, 0.3) is 0 Å². The number of anilines is 1. The van der Waals surface area contributed by atoms with E-state index in [-0.39, 0.29) is 0 Å². The quantitative estimate of drug-likeness (QED) is 0.720. The molecule has 3 aromatic rings. The molecule has 1 aromatic carbocycles. The van der Waals surface area contributed by atoms with E-state index < -0.39 is 0 Å². The lowest BCUT2D eigenvalue weighted by atomic mass is 10.1. The zero-order valence-corrected chi connectivity index (χ0v) is 13.0. The first-order chi connectivity index (χ1) is 10.1. The number of aromatic amines is 1. The lowest BCUT2D eigenvalue weighted by molar-refractivity contribution is 0.913. The third-order valence-electron chi connectivity index (χ3n) is 3.23. The van der Waals surface area contributed by atoms with E-state index >= 15 is 0 Å². The van der Waals surface area contributed by atoms with Crippen LogP contribution in [0.4, 0.5) is 5.69 Å². The van der Waals surface area contributed by atoms with Gasteiger partial charge in [-0.3, -0.25) is 0 Å². The maximum absolute atomic E-state index is 9.16. The van der Waals surface area contributed by atoms with Crippen molar-refractivity contribution in [1.29, 1.82) is 5.26 Å². The molecule has 0 amide bonds. The molecule has 0 saturated heterocycles. The van der Waals surface area contributed by atoms with Crippen LogP contribution in [-0.2, 0) is 7.05 Å². The van der Waals surface area contributed by atoms with Crippen molar-refractivity contribution in [2.45, 2.75) is 11.9 Å². The van der Waals surface area contributed by atoms with Crippen LogP contribution in [0.2, 0.25) is 5.28 Å². The lowest BCUT2D eigenvalue weighted by Gasteiger charge is -2.06. The molecule has 0 aliphatic rings. The van der Waals surface area contributed by atoms with Crippen LogP contribution in [-0.4, -0.2) is 14.5 Å². The Bertz CT molecular complexity index is 839. The Morgan fingerprint density at radius 1 is 1.48 bits per heavy atom. The van der Waals surface area contributed by atoms with Crippen LogP contribution >= 0.6 is 23.5 Å². The molecule has 2 N–H and O–H groups in total. The smallest absolute Gasteiger partial charge is 0.203 e. The van der Waals surface area contributed by atoms with Gasteiger partial charge in [0.2, 0.25) is 5.28 Å². The van der Waals surface area contributed by atoms with Gasteiger partial charge in [0.05, 0.1) is 16.8 Å². The number of imidazole rings is 1. The van der Waals surface area contributed by atoms with E-state index in [1.54, 1.807) is 10.8 Å². The van der Waals surface area contributed by atoms with Crippen molar-refractivity contribution in [3.63, 3.8) is 0 Å². The Morgan fingerprint density at radius 3 is 2.95 bits per heavy atom. The standard InChI is InChI=1S/C14H12ClN5S/c1-8-3-4-10(13-12(8)9(5-16)6-17-13)19-21-11-7-20(2)14(15)18-11/h3-4,6-7,17,19H,1-2H3. The number of nitrogens with zero attached hydrogens (tertiary/aromatic N) is 3. The zero-order chi connectivity index (χ0) is 15.0. The number of aryl methyl sites for hydroxylation is 2. The van der Waals surface area contributed by atoms with Crippen LogP contribution in [0, 0.1) is 18.3 Å². The van der Waals surface area contributed by atoms with E-state index in [9.17, 15) is 0 Å². The molecule has 0 bridgehead atoms. The Morgan fingerprint density at radius 2 is 2.29 bits per heavy atom. The summed E-state index contributed by atoms with van der Waals surface area (Å²) in [7, 11) is 1.84. The topological polar surface area (TPSA) is 69.4 Å².